The topological polar surface area (TPSA) is 47.7 Å². The maximum Gasteiger partial charge on any atom is 0.121 e. The minimum Gasteiger partial charge on any atom is -0.497 e. The first-order valence-corrected chi connectivity index (χ1v) is 6.41. The summed E-state index contributed by atoms with van der Waals surface area (Å²) in [7, 11) is 5.32. The third-order valence-corrected chi connectivity index (χ3v) is 3.22. The van der Waals surface area contributed by atoms with Gasteiger partial charge in [-0.2, -0.15) is 0 Å². The molecule has 0 spiro atoms. The van der Waals surface area contributed by atoms with Gasteiger partial charge in [-0.15, -0.1) is 0 Å². The van der Waals surface area contributed by atoms with E-state index in [0.29, 0.717) is 5.69 Å². The van der Waals surface area contributed by atoms with Crippen LogP contribution in [0.2, 0.25) is 0 Å². The van der Waals surface area contributed by atoms with E-state index in [1.165, 1.54) is 5.56 Å². The van der Waals surface area contributed by atoms with Crippen LogP contribution in [0.5, 0.6) is 11.5 Å². The zero-order valence-corrected chi connectivity index (χ0v) is 12.1. The van der Waals surface area contributed by atoms with E-state index in [1.807, 2.05) is 37.4 Å². The average Bonchev–Trinajstić information content (AvgIpc) is 2.47. The molecule has 0 fully saturated rings. The number of nitrogens with two attached hydrogens (primary N) is 1. The van der Waals surface area contributed by atoms with Crippen LogP contribution in [-0.4, -0.2) is 21.3 Å². The van der Waals surface area contributed by atoms with Crippen molar-refractivity contribution in [3.05, 3.63) is 48.0 Å². The highest BCUT2D eigenvalue weighted by molar-refractivity contribution is 5.69. The molecule has 2 aromatic carbocycles. The second kappa shape index (κ2) is 6.19. The molecular weight excluding hydrogens is 252 g/mol. The fourth-order valence-electron chi connectivity index (χ4n) is 2.10. The number of hydrogen-bond donors (Lipinski definition) is 1. The van der Waals surface area contributed by atoms with Gasteiger partial charge in [0.2, 0.25) is 0 Å². The lowest BCUT2D eigenvalue weighted by Crippen LogP contribution is -2.17. The lowest BCUT2D eigenvalue weighted by atomic mass is 10.2. The molecule has 4 heteroatoms. The number of rotatable bonds is 5. The Kier molecular flexibility index (Phi) is 4.35. The first-order chi connectivity index (χ1) is 9.63. The SMILES string of the molecule is COc1ccc(CN(C)c2ccc(OC)cc2N)cc1. The summed E-state index contributed by atoms with van der Waals surface area (Å²) in [6.07, 6.45) is 0. The van der Waals surface area contributed by atoms with E-state index in [-0.39, 0.29) is 0 Å². The van der Waals surface area contributed by atoms with Crippen LogP contribution < -0.4 is 20.1 Å². The van der Waals surface area contributed by atoms with Crippen LogP contribution >= 0.6 is 0 Å². The number of methoxy groups -OCH3 is 2. The molecule has 0 aromatic heterocycles. The molecule has 0 aliphatic carbocycles. The summed E-state index contributed by atoms with van der Waals surface area (Å²) in [6.45, 7) is 0.778. The van der Waals surface area contributed by atoms with E-state index in [2.05, 4.69) is 17.0 Å². The van der Waals surface area contributed by atoms with Crippen LogP contribution in [0.1, 0.15) is 5.56 Å². The zero-order valence-electron chi connectivity index (χ0n) is 12.1. The minimum absolute atomic E-state index is 0.709. The highest BCUT2D eigenvalue weighted by atomic mass is 16.5. The van der Waals surface area contributed by atoms with Crippen molar-refractivity contribution in [2.75, 3.05) is 31.9 Å². The predicted molar refractivity (Wildman–Crippen MR) is 82.5 cm³/mol. The number of anilines is 2. The van der Waals surface area contributed by atoms with Crippen molar-refractivity contribution in [2.24, 2.45) is 0 Å². The standard InChI is InChI=1S/C16H20N2O2/c1-18(11-12-4-6-13(19-2)7-5-12)16-9-8-14(20-3)10-15(16)17/h4-10H,11,17H2,1-3H3. The van der Waals surface area contributed by atoms with Crippen molar-refractivity contribution in [1.82, 2.24) is 0 Å². The van der Waals surface area contributed by atoms with Gasteiger partial charge in [0.1, 0.15) is 11.5 Å². The first-order valence-electron chi connectivity index (χ1n) is 6.41. The second-order valence-corrected chi connectivity index (χ2v) is 4.63. The fraction of sp³-hybridized carbons (Fsp3) is 0.250. The number of benzene rings is 2. The van der Waals surface area contributed by atoms with Crippen molar-refractivity contribution >= 4 is 11.4 Å². The Morgan fingerprint density at radius 1 is 0.950 bits per heavy atom. The molecular formula is C16H20N2O2. The van der Waals surface area contributed by atoms with Crippen LogP contribution in [0.4, 0.5) is 11.4 Å². The van der Waals surface area contributed by atoms with Gasteiger partial charge in [-0.3, -0.25) is 0 Å². The molecule has 2 rings (SSSR count). The second-order valence-electron chi connectivity index (χ2n) is 4.63. The van der Waals surface area contributed by atoms with Gasteiger partial charge in [0.15, 0.2) is 0 Å². The maximum atomic E-state index is 6.06. The molecule has 2 N–H and O–H groups in total. The lowest BCUT2D eigenvalue weighted by molar-refractivity contribution is 0.414. The smallest absolute Gasteiger partial charge is 0.121 e. The summed E-state index contributed by atoms with van der Waals surface area (Å²) in [5, 5.41) is 0. The first kappa shape index (κ1) is 14.1. The highest BCUT2D eigenvalue weighted by Gasteiger charge is 2.07. The van der Waals surface area contributed by atoms with Crippen LogP contribution in [-0.2, 0) is 6.54 Å². The molecule has 4 nitrogen and oxygen atoms in total. The Bertz CT molecular complexity index is 567. The highest BCUT2D eigenvalue weighted by Crippen LogP contribution is 2.28. The van der Waals surface area contributed by atoms with Gasteiger partial charge in [-0.05, 0) is 29.8 Å². The summed E-state index contributed by atoms with van der Waals surface area (Å²) in [4.78, 5) is 2.11. The Morgan fingerprint density at radius 3 is 2.10 bits per heavy atom. The monoisotopic (exact) mass is 272 g/mol. The van der Waals surface area contributed by atoms with E-state index < -0.39 is 0 Å². The normalized spacial score (nSPS) is 10.2. The van der Waals surface area contributed by atoms with Crippen LogP contribution in [0.25, 0.3) is 0 Å². The minimum atomic E-state index is 0.709. The van der Waals surface area contributed by atoms with E-state index in [0.717, 1.165) is 23.7 Å². The fourth-order valence-corrected chi connectivity index (χ4v) is 2.10. The van der Waals surface area contributed by atoms with Gasteiger partial charge in [0.05, 0.1) is 25.6 Å². The van der Waals surface area contributed by atoms with Gasteiger partial charge < -0.3 is 20.1 Å². The quantitative estimate of drug-likeness (QED) is 0.850. The number of nitrogens with zero attached hydrogens (tertiary/aromatic N) is 1. The van der Waals surface area contributed by atoms with Gasteiger partial charge in [-0.1, -0.05) is 12.1 Å². The van der Waals surface area contributed by atoms with Gasteiger partial charge in [0, 0.05) is 19.7 Å². The molecule has 0 heterocycles. The van der Waals surface area contributed by atoms with Crippen LogP contribution in [0, 0.1) is 0 Å². The van der Waals surface area contributed by atoms with Crippen LogP contribution in [0.15, 0.2) is 42.5 Å². The van der Waals surface area contributed by atoms with Gasteiger partial charge >= 0.3 is 0 Å². The zero-order chi connectivity index (χ0) is 14.5. The molecule has 20 heavy (non-hydrogen) atoms. The largest absolute Gasteiger partial charge is 0.497 e. The Hall–Kier alpha value is -2.36. The number of hydrogen-bond acceptors (Lipinski definition) is 4. The average molecular weight is 272 g/mol. The number of nitrogen functional groups attached to an aromatic ring is 1. The predicted octanol–water partition coefficient (Wildman–Crippen LogP) is 2.92. The molecule has 0 amide bonds. The van der Waals surface area contributed by atoms with E-state index in [4.69, 9.17) is 15.2 Å². The summed E-state index contributed by atoms with van der Waals surface area (Å²) < 4.78 is 10.3. The molecule has 0 radical (unpaired) electrons. The third kappa shape index (κ3) is 3.15. The molecule has 106 valence electrons. The van der Waals surface area contributed by atoms with Crippen molar-refractivity contribution in [2.45, 2.75) is 6.54 Å². The molecule has 0 atom stereocenters. The van der Waals surface area contributed by atoms with Crippen LogP contribution in [0.3, 0.4) is 0 Å². The van der Waals surface area contributed by atoms with Gasteiger partial charge in [-0.25, -0.2) is 0 Å². The van der Waals surface area contributed by atoms with Crippen molar-refractivity contribution in [1.29, 1.82) is 0 Å². The van der Waals surface area contributed by atoms with Gasteiger partial charge in [0.25, 0.3) is 0 Å². The van der Waals surface area contributed by atoms with Crippen molar-refractivity contribution < 1.29 is 9.47 Å². The van der Waals surface area contributed by atoms with E-state index in [9.17, 15) is 0 Å². The summed E-state index contributed by atoms with van der Waals surface area (Å²) >= 11 is 0. The Balaban J connectivity index is 2.12. The molecule has 0 aliphatic rings. The lowest BCUT2D eigenvalue weighted by Gasteiger charge is -2.21. The molecule has 0 aliphatic heterocycles. The maximum absolute atomic E-state index is 6.06. The number of ether oxygens (including phenoxy) is 2. The van der Waals surface area contributed by atoms with E-state index in [1.54, 1.807) is 14.2 Å². The summed E-state index contributed by atoms with van der Waals surface area (Å²) in [5.74, 6) is 1.63. The molecule has 0 bridgehead atoms. The molecule has 2 aromatic rings. The molecule has 0 saturated carbocycles. The third-order valence-electron chi connectivity index (χ3n) is 3.22. The summed E-state index contributed by atoms with van der Waals surface area (Å²) in [6, 6.07) is 13.7. The molecule has 0 unspecified atom stereocenters. The molecule has 0 saturated heterocycles. The van der Waals surface area contributed by atoms with E-state index >= 15 is 0 Å². The summed E-state index contributed by atoms with van der Waals surface area (Å²) in [5.41, 5.74) is 8.95. The van der Waals surface area contributed by atoms with Crippen molar-refractivity contribution in [3.8, 4) is 11.5 Å². The van der Waals surface area contributed by atoms with Crippen molar-refractivity contribution in [3.63, 3.8) is 0 Å². The Labute approximate surface area is 119 Å². The Morgan fingerprint density at radius 2 is 1.55 bits per heavy atom.